The van der Waals surface area contributed by atoms with E-state index in [0.29, 0.717) is 24.1 Å². The number of amides is 2. The number of cyclic esters (lactones) is 1. The summed E-state index contributed by atoms with van der Waals surface area (Å²) in [7, 11) is -3.00. The van der Waals surface area contributed by atoms with Crippen molar-refractivity contribution in [2.75, 3.05) is 29.5 Å². The van der Waals surface area contributed by atoms with E-state index in [1.807, 2.05) is 0 Å². The van der Waals surface area contributed by atoms with Gasteiger partial charge >= 0.3 is 6.09 Å². The Morgan fingerprint density at radius 2 is 2.04 bits per heavy atom. The number of nitrogens with zero attached hydrogens (tertiary/aromatic N) is 1. The number of carbonyl (C=O) groups is 2. The van der Waals surface area contributed by atoms with Gasteiger partial charge in [0.25, 0.3) is 0 Å². The third-order valence-electron chi connectivity index (χ3n) is 4.74. The fourth-order valence-corrected chi connectivity index (χ4v) is 4.80. The summed E-state index contributed by atoms with van der Waals surface area (Å²) in [5, 5.41) is 2.58. The SMILES string of the molecule is CC(=O)NC[C@H]1CN(c2ccc(C3CCS(=O)(=O)CC3)c(F)c2)C(=O)O1. The van der Waals surface area contributed by atoms with Crippen molar-refractivity contribution in [3.63, 3.8) is 0 Å². The molecule has 0 bridgehead atoms. The van der Waals surface area contributed by atoms with Gasteiger partial charge in [0.05, 0.1) is 30.3 Å². The number of halogens is 1. The Morgan fingerprint density at radius 3 is 2.65 bits per heavy atom. The van der Waals surface area contributed by atoms with Crippen LogP contribution >= 0.6 is 0 Å². The van der Waals surface area contributed by atoms with Crippen molar-refractivity contribution < 1.29 is 27.1 Å². The zero-order valence-corrected chi connectivity index (χ0v) is 15.2. The molecule has 2 amide bonds. The van der Waals surface area contributed by atoms with Crippen LogP contribution in [0, 0.1) is 5.82 Å². The van der Waals surface area contributed by atoms with Crippen LogP contribution in [0.4, 0.5) is 14.9 Å². The predicted molar refractivity (Wildman–Crippen MR) is 93.3 cm³/mol. The molecule has 0 spiro atoms. The maximum absolute atomic E-state index is 14.6. The van der Waals surface area contributed by atoms with Crippen LogP contribution < -0.4 is 10.2 Å². The number of hydrogen-bond donors (Lipinski definition) is 1. The van der Waals surface area contributed by atoms with E-state index in [-0.39, 0.29) is 36.4 Å². The highest BCUT2D eigenvalue weighted by Gasteiger charge is 2.33. The molecular weight excluding hydrogens is 363 g/mol. The number of anilines is 1. The Bertz CT molecular complexity index is 812. The molecule has 142 valence electrons. The standard InChI is InChI=1S/C17H21FN2O5S/c1-11(21)19-9-14-10-20(17(22)25-14)13-2-3-15(16(18)8-13)12-4-6-26(23,24)7-5-12/h2-3,8,12,14H,4-7,9-10H2,1H3,(H,19,21)/t14-/m0/s1. The molecule has 9 heteroatoms. The van der Waals surface area contributed by atoms with E-state index in [1.165, 1.54) is 17.9 Å². The molecule has 2 fully saturated rings. The molecule has 0 aromatic heterocycles. The summed E-state index contributed by atoms with van der Waals surface area (Å²) in [5.74, 6) is -0.662. The average molecular weight is 384 g/mol. The summed E-state index contributed by atoms with van der Waals surface area (Å²) < 4.78 is 42.8. The lowest BCUT2D eigenvalue weighted by Gasteiger charge is -2.23. The third kappa shape index (κ3) is 4.14. The summed E-state index contributed by atoms with van der Waals surface area (Å²) in [4.78, 5) is 24.3. The first-order valence-electron chi connectivity index (χ1n) is 8.47. The first-order chi connectivity index (χ1) is 12.2. The zero-order chi connectivity index (χ0) is 18.9. The number of ether oxygens (including phenoxy) is 1. The van der Waals surface area contributed by atoms with Crippen LogP contribution in [-0.4, -0.2) is 51.1 Å². The normalized spacial score (nSPS) is 22.9. The fourth-order valence-electron chi connectivity index (χ4n) is 3.31. The van der Waals surface area contributed by atoms with Gasteiger partial charge in [-0.05, 0) is 36.5 Å². The minimum Gasteiger partial charge on any atom is -0.442 e. The molecule has 2 heterocycles. The van der Waals surface area contributed by atoms with Crippen LogP contribution in [0.5, 0.6) is 0 Å². The van der Waals surface area contributed by atoms with Crippen LogP contribution in [-0.2, 0) is 19.4 Å². The van der Waals surface area contributed by atoms with Crippen LogP contribution in [0.1, 0.15) is 31.2 Å². The molecule has 2 aliphatic heterocycles. The number of nitrogens with one attached hydrogen (secondary N) is 1. The highest BCUT2D eigenvalue weighted by Crippen LogP contribution is 2.33. The van der Waals surface area contributed by atoms with E-state index < -0.39 is 27.9 Å². The number of benzene rings is 1. The first-order valence-corrected chi connectivity index (χ1v) is 10.3. The molecule has 7 nitrogen and oxygen atoms in total. The van der Waals surface area contributed by atoms with Gasteiger partial charge in [-0.15, -0.1) is 0 Å². The molecule has 3 rings (SSSR count). The second-order valence-corrected chi connectivity index (χ2v) is 8.99. The Kier molecular flexibility index (Phi) is 5.17. The topological polar surface area (TPSA) is 92.8 Å². The first kappa shape index (κ1) is 18.6. The van der Waals surface area contributed by atoms with Crippen LogP contribution in [0.25, 0.3) is 0 Å². The quantitative estimate of drug-likeness (QED) is 0.851. The van der Waals surface area contributed by atoms with Crippen LogP contribution in [0.2, 0.25) is 0 Å². The lowest BCUT2D eigenvalue weighted by Crippen LogP contribution is -2.33. The van der Waals surface area contributed by atoms with E-state index in [1.54, 1.807) is 12.1 Å². The summed E-state index contributed by atoms with van der Waals surface area (Å²) in [6.07, 6.45) is -0.263. The number of sulfone groups is 1. The minimum absolute atomic E-state index is 0.0716. The Morgan fingerprint density at radius 1 is 1.35 bits per heavy atom. The average Bonchev–Trinajstić information content (AvgIpc) is 2.94. The number of hydrogen-bond acceptors (Lipinski definition) is 5. The van der Waals surface area contributed by atoms with E-state index >= 15 is 0 Å². The van der Waals surface area contributed by atoms with Gasteiger partial charge in [-0.1, -0.05) is 6.07 Å². The van der Waals surface area contributed by atoms with E-state index in [0.717, 1.165) is 0 Å². The fraction of sp³-hybridized carbons (Fsp3) is 0.529. The molecule has 1 aromatic rings. The second-order valence-electron chi connectivity index (χ2n) is 6.69. The lowest BCUT2D eigenvalue weighted by atomic mass is 9.93. The molecule has 2 saturated heterocycles. The highest BCUT2D eigenvalue weighted by atomic mass is 32.2. The molecule has 0 unspecified atom stereocenters. The van der Waals surface area contributed by atoms with Gasteiger partial charge in [0.15, 0.2) is 0 Å². The largest absolute Gasteiger partial charge is 0.442 e. The maximum atomic E-state index is 14.6. The highest BCUT2D eigenvalue weighted by molar-refractivity contribution is 7.91. The van der Waals surface area contributed by atoms with Gasteiger partial charge < -0.3 is 10.1 Å². The summed E-state index contributed by atoms with van der Waals surface area (Å²) in [6.45, 7) is 1.80. The molecule has 1 N–H and O–H groups in total. The Labute approximate surface area is 151 Å². The Hall–Kier alpha value is -2.16. The summed E-state index contributed by atoms with van der Waals surface area (Å²) in [6, 6.07) is 4.53. The number of rotatable bonds is 4. The molecule has 1 aromatic carbocycles. The van der Waals surface area contributed by atoms with Crippen molar-refractivity contribution >= 4 is 27.5 Å². The van der Waals surface area contributed by atoms with Gasteiger partial charge in [-0.25, -0.2) is 17.6 Å². The van der Waals surface area contributed by atoms with Crippen molar-refractivity contribution in [2.24, 2.45) is 0 Å². The van der Waals surface area contributed by atoms with Gasteiger partial charge in [0.2, 0.25) is 5.91 Å². The van der Waals surface area contributed by atoms with Gasteiger partial charge in [-0.2, -0.15) is 0 Å². The van der Waals surface area contributed by atoms with Crippen LogP contribution in [0.3, 0.4) is 0 Å². The summed E-state index contributed by atoms with van der Waals surface area (Å²) >= 11 is 0. The van der Waals surface area contributed by atoms with Gasteiger partial charge in [0.1, 0.15) is 21.8 Å². The lowest BCUT2D eigenvalue weighted by molar-refractivity contribution is -0.119. The van der Waals surface area contributed by atoms with Crippen molar-refractivity contribution in [3.05, 3.63) is 29.6 Å². The van der Waals surface area contributed by atoms with Crippen molar-refractivity contribution in [1.29, 1.82) is 0 Å². The molecule has 26 heavy (non-hydrogen) atoms. The monoisotopic (exact) mass is 384 g/mol. The second kappa shape index (κ2) is 7.22. The van der Waals surface area contributed by atoms with Crippen LogP contribution in [0.15, 0.2) is 18.2 Å². The maximum Gasteiger partial charge on any atom is 0.414 e. The molecule has 0 radical (unpaired) electrons. The molecular formula is C17H21FN2O5S. The molecule has 0 aliphatic carbocycles. The minimum atomic E-state index is -3.00. The molecule has 1 atom stereocenters. The molecule has 2 aliphatic rings. The third-order valence-corrected chi connectivity index (χ3v) is 6.46. The van der Waals surface area contributed by atoms with E-state index in [2.05, 4.69) is 5.32 Å². The van der Waals surface area contributed by atoms with Gasteiger partial charge in [0, 0.05) is 6.92 Å². The summed E-state index contributed by atoms with van der Waals surface area (Å²) in [5.41, 5.74) is 0.857. The smallest absolute Gasteiger partial charge is 0.414 e. The van der Waals surface area contributed by atoms with E-state index in [9.17, 15) is 22.4 Å². The zero-order valence-electron chi connectivity index (χ0n) is 14.4. The van der Waals surface area contributed by atoms with Crippen molar-refractivity contribution in [3.8, 4) is 0 Å². The van der Waals surface area contributed by atoms with E-state index in [4.69, 9.17) is 4.74 Å². The molecule has 0 saturated carbocycles. The number of carbonyl (C=O) groups excluding carboxylic acids is 2. The van der Waals surface area contributed by atoms with Crippen molar-refractivity contribution in [1.82, 2.24) is 5.32 Å². The predicted octanol–water partition coefficient (Wildman–Crippen LogP) is 1.58. The van der Waals surface area contributed by atoms with Gasteiger partial charge in [-0.3, -0.25) is 9.69 Å². The Balaban J connectivity index is 1.69. The van der Waals surface area contributed by atoms with Crippen molar-refractivity contribution in [2.45, 2.75) is 31.8 Å².